The van der Waals surface area contributed by atoms with E-state index in [2.05, 4.69) is 52.4 Å². The Bertz CT molecular complexity index is 1430. The van der Waals surface area contributed by atoms with E-state index >= 15 is 0 Å². The van der Waals surface area contributed by atoms with Gasteiger partial charge in [-0.3, -0.25) is 4.79 Å². The number of hydrogen-bond acceptors (Lipinski definition) is 6. The summed E-state index contributed by atoms with van der Waals surface area (Å²) in [5, 5.41) is 18.8. The molecule has 1 amide bonds. The van der Waals surface area contributed by atoms with Gasteiger partial charge in [-0.1, -0.05) is 18.2 Å². The lowest BCUT2D eigenvalue weighted by molar-refractivity contribution is -0.124. The molecule has 0 radical (unpaired) electrons. The topological polar surface area (TPSA) is 88.7 Å². The average Bonchev–Trinajstić information content (AvgIpc) is 3.76. The van der Waals surface area contributed by atoms with Crippen molar-refractivity contribution >= 4 is 11.6 Å². The molecule has 0 spiro atoms. The minimum absolute atomic E-state index is 0.0492. The number of methoxy groups -OCH3 is 1. The highest BCUT2D eigenvalue weighted by atomic mass is 16.5. The van der Waals surface area contributed by atoms with E-state index in [4.69, 9.17) is 9.15 Å². The van der Waals surface area contributed by atoms with Crippen LogP contribution in [0.5, 0.6) is 5.75 Å². The molecule has 5 fully saturated rings. The number of benzene rings is 2. The van der Waals surface area contributed by atoms with Crippen molar-refractivity contribution in [2.45, 2.75) is 101 Å². The molecule has 2 aromatic carbocycles. The van der Waals surface area contributed by atoms with Crippen LogP contribution in [0, 0.1) is 18.3 Å². The van der Waals surface area contributed by atoms with E-state index in [-0.39, 0.29) is 28.8 Å². The van der Waals surface area contributed by atoms with E-state index < -0.39 is 0 Å². The molecule has 5 aliphatic rings. The molecule has 0 aliphatic heterocycles. The van der Waals surface area contributed by atoms with Gasteiger partial charge in [0.15, 0.2) is 0 Å². The third kappa shape index (κ3) is 5.14. The predicted molar refractivity (Wildman–Crippen MR) is 162 cm³/mol. The lowest BCUT2D eigenvalue weighted by Gasteiger charge is -2.55. The fraction of sp³-hybridized carbons (Fsp3) is 0.571. The van der Waals surface area contributed by atoms with Gasteiger partial charge in [0.1, 0.15) is 5.75 Å². The van der Waals surface area contributed by atoms with Crippen LogP contribution in [0.4, 0.5) is 5.69 Å². The molecule has 3 aromatic rings. The summed E-state index contributed by atoms with van der Waals surface area (Å²) in [5.41, 5.74) is 4.77. The van der Waals surface area contributed by atoms with Gasteiger partial charge in [-0.15, -0.1) is 10.2 Å². The third-order valence-electron chi connectivity index (χ3n) is 11.0. The Hall–Kier alpha value is -3.19. The number of carbonyl (C=O) groups is 1. The molecule has 0 unspecified atom stereocenters. The molecule has 0 atom stereocenters. The molecule has 1 N–H and O–H groups in total. The first-order valence-corrected chi connectivity index (χ1v) is 16.0. The number of ether oxygens (including phenoxy) is 1. The van der Waals surface area contributed by atoms with Crippen molar-refractivity contribution in [1.82, 2.24) is 10.2 Å². The summed E-state index contributed by atoms with van der Waals surface area (Å²) in [5.74, 6) is 2.76. The Kier molecular flexibility index (Phi) is 7.12. The van der Waals surface area contributed by atoms with Crippen LogP contribution in [0.25, 0.3) is 11.5 Å². The second-order valence-corrected chi connectivity index (χ2v) is 13.7. The Morgan fingerprint density at radius 2 is 1.71 bits per heavy atom. The van der Waals surface area contributed by atoms with Crippen LogP contribution in [-0.4, -0.2) is 41.0 Å². The molecular formula is C35H43N3O4. The van der Waals surface area contributed by atoms with Crippen molar-refractivity contribution in [3.8, 4) is 17.2 Å². The molecule has 2 bridgehead atoms. The largest absolute Gasteiger partial charge is 0.496 e. The zero-order valence-electron chi connectivity index (χ0n) is 25.0. The normalized spacial score (nSPS) is 28.9. The predicted octanol–water partition coefficient (Wildman–Crippen LogP) is 7.11. The number of rotatable bonds is 8. The van der Waals surface area contributed by atoms with Crippen molar-refractivity contribution in [2.24, 2.45) is 11.3 Å². The van der Waals surface area contributed by atoms with Crippen LogP contribution < -0.4 is 9.64 Å². The van der Waals surface area contributed by atoms with E-state index in [0.29, 0.717) is 24.7 Å². The van der Waals surface area contributed by atoms with Gasteiger partial charge in [0.25, 0.3) is 0 Å². The van der Waals surface area contributed by atoms with Gasteiger partial charge in [-0.25, -0.2) is 0 Å². The number of carbonyl (C=O) groups excluding carboxylic acids is 1. The molecule has 1 heterocycles. The summed E-state index contributed by atoms with van der Waals surface area (Å²) < 4.78 is 11.6. The molecule has 5 aliphatic carbocycles. The number of hydrogen-bond donors (Lipinski definition) is 1. The first kappa shape index (κ1) is 27.6. The number of anilines is 1. The first-order valence-electron chi connectivity index (χ1n) is 16.0. The van der Waals surface area contributed by atoms with Crippen molar-refractivity contribution < 1.29 is 19.1 Å². The minimum atomic E-state index is -0.283. The number of aliphatic hydroxyl groups excluding tert-OH is 1. The van der Waals surface area contributed by atoms with Crippen molar-refractivity contribution in [2.75, 3.05) is 18.6 Å². The fourth-order valence-corrected chi connectivity index (χ4v) is 7.97. The zero-order valence-corrected chi connectivity index (χ0v) is 25.0. The highest BCUT2D eigenvalue weighted by Crippen LogP contribution is 2.58. The van der Waals surface area contributed by atoms with Gasteiger partial charge in [0, 0.05) is 29.6 Å². The SMILES string of the molecule is COc1ccc(C23CCC(CN(C(=O)C4CCC(O)CC4)c4cccc(-c5nnc(C6CC6)o5)c4)(CC2)CC3)cc1C. The Morgan fingerprint density at radius 3 is 2.38 bits per heavy atom. The van der Waals surface area contributed by atoms with Crippen LogP contribution in [0.3, 0.4) is 0 Å². The zero-order chi connectivity index (χ0) is 28.9. The van der Waals surface area contributed by atoms with Crippen LogP contribution >= 0.6 is 0 Å². The number of amides is 1. The van der Waals surface area contributed by atoms with Gasteiger partial charge in [0.05, 0.1) is 13.2 Å². The summed E-state index contributed by atoms with van der Waals surface area (Å²) in [6.45, 7) is 2.88. The van der Waals surface area contributed by atoms with Crippen LogP contribution in [0.2, 0.25) is 0 Å². The van der Waals surface area contributed by atoms with Gasteiger partial charge in [-0.05, 0) is 130 Å². The smallest absolute Gasteiger partial charge is 0.247 e. The molecule has 7 heteroatoms. The Morgan fingerprint density at radius 1 is 0.976 bits per heavy atom. The maximum atomic E-state index is 14.3. The molecule has 8 rings (SSSR count). The highest BCUT2D eigenvalue weighted by molar-refractivity contribution is 5.95. The van der Waals surface area contributed by atoms with E-state index in [0.717, 1.165) is 93.6 Å². The lowest BCUT2D eigenvalue weighted by atomic mass is 9.51. The summed E-state index contributed by atoms with van der Waals surface area (Å²) in [7, 11) is 1.74. The standard InChI is InChI=1S/C35H43N3O4/c1-23-20-27(10-13-30(23)41-2)35-17-14-34(15-18-35,16-19-35)22-38(33(40)25-8-11-29(39)12-9-25)28-5-3-4-26(21-28)32-37-36-31(42-32)24-6-7-24/h3-5,10,13,20-21,24-25,29,39H,6-9,11-12,14-19,22H2,1-2H3. The third-order valence-corrected chi connectivity index (χ3v) is 11.0. The number of aryl methyl sites for hydroxylation is 1. The van der Waals surface area contributed by atoms with E-state index in [9.17, 15) is 9.90 Å². The average molecular weight is 570 g/mol. The van der Waals surface area contributed by atoms with Crippen LogP contribution in [0.1, 0.15) is 100.0 Å². The van der Waals surface area contributed by atoms with E-state index in [1.54, 1.807) is 7.11 Å². The molecule has 222 valence electrons. The second kappa shape index (κ2) is 10.8. The van der Waals surface area contributed by atoms with Gasteiger partial charge >= 0.3 is 0 Å². The van der Waals surface area contributed by atoms with Gasteiger partial charge < -0.3 is 19.2 Å². The number of aromatic nitrogens is 2. The number of fused-ring (bicyclic) bond motifs is 3. The van der Waals surface area contributed by atoms with Crippen molar-refractivity contribution in [1.29, 1.82) is 0 Å². The number of aliphatic hydroxyl groups is 1. The molecule has 1 aromatic heterocycles. The summed E-state index contributed by atoms with van der Waals surface area (Å²) in [6, 6.07) is 14.9. The molecule has 5 saturated carbocycles. The van der Waals surface area contributed by atoms with Crippen LogP contribution in [-0.2, 0) is 10.2 Å². The first-order chi connectivity index (χ1) is 20.4. The summed E-state index contributed by atoms with van der Waals surface area (Å²) in [4.78, 5) is 16.3. The minimum Gasteiger partial charge on any atom is -0.496 e. The summed E-state index contributed by atoms with van der Waals surface area (Å²) >= 11 is 0. The lowest BCUT2D eigenvalue weighted by Crippen LogP contribution is -2.51. The van der Waals surface area contributed by atoms with E-state index in [1.807, 2.05) is 12.1 Å². The van der Waals surface area contributed by atoms with Crippen LogP contribution in [0.15, 0.2) is 46.9 Å². The van der Waals surface area contributed by atoms with Crippen molar-refractivity contribution in [3.05, 3.63) is 59.5 Å². The fourth-order valence-electron chi connectivity index (χ4n) is 7.97. The molecule has 0 saturated heterocycles. The quantitative estimate of drug-likeness (QED) is 0.311. The maximum Gasteiger partial charge on any atom is 0.247 e. The Balaban J connectivity index is 1.15. The second-order valence-electron chi connectivity index (χ2n) is 13.7. The molecule has 7 nitrogen and oxygen atoms in total. The maximum absolute atomic E-state index is 14.3. The number of nitrogens with zero attached hydrogens (tertiary/aromatic N) is 3. The molecule has 42 heavy (non-hydrogen) atoms. The molecular weight excluding hydrogens is 526 g/mol. The van der Waals surface area contributed by atoms with Crippen molar-refractivity contribution in [3.63, 3.8) is 0 Å². The Labute approximate surface area is 248 Å². The summed E-state index contributed by atoms with van der Waals surface area (Å²) in [6.07, 6.45) is 11.7. The monoisotopic (exact) mass is 569 g/mol. The highest BCUT2D eigenvalue weighted by Gasteiger charge is 2.50. The van der Waals surface area contributed by atoms with Gasteiger partial charge in [-0.2, -0.15) is 0 Å². The van der Waals surface area contributed by atoms with E-state index in [1.165, 1.54) is 11.1 Å². The van der Waals surface area contributed by atoms with Gasteiger partial charge in [0.2, 0.25) is 17.7 Å².